The molecule has 0 atom stereocenters. The van der Waals surface area contributed by atoms with E-state index < -0.39 is 0 Å². The number of hydrogen-bond acceptors (Lipinski definition) is 5. The fourth-order valence-electron chi connectivity index (χ4n) is 12.9. The van der Waals surface area contributed by atoms with Crippen molar-refractivity contribution in [3.8, 4) is 0 Å². The van der Waals surface area contributed by atoms with Crippen LogP contribution in [0.1, 0.15) is 130 Å². The van der Waals surface area contributed by atoms with Gasteiger partial charge in [-0.25, -0.2) is 0 Å². The van der Waals surface area contributed by atoms with E-state index in [4.69, 9.17) is 0 Å². The summed E-state index contributed by atoms with van der Waals surface area (Å²) in [5.74, 6) is 0. The predicted octanol–water partition coefficient (Wildman–Crippen LogP) is 17.7. The van der Waals surface area contributed by atoms with Crippen LogP contribution in [0.3, 0.4) is 0 Å². The van der Waals surface area contributed by atoms with Crippen LogP contribution >= 0.6 is 22.7 Å². The molecule has 0 spiro atoms. The van der Waals surface area contributed by atoms with Crippen LogP contribution < -0.4 is 30.4 Å². The second-order valence-corrected chi connectivity index (χ2v) is 27.3. The number of para-hydroxylation sites is 2. The lowest BCUT2D eigenvalue weighted by molar-refractivity contribution is 0.188. The molecule has 0 unspecified atom stereocenters. The number of thiophene rings is 2. The molecule has 7 aromatic carbocycles. The Balaban J connectivity index is 1.19. The van der Waals surface area contributed by atoms with Gasteiger partial charge in [-0.1, -0.05) is 149 Å². The lowest BCUT2D eigenvalue weighted by atomic mass is 9.36. The third kappa shape index (κ3) is 6.94. The molecule has 5 aliphatic rings. The highest BCUT2D eigenvalue weighted by atomic mass is 32.1. The monoisotopic (exact) mass is 975 g/mol. The molecular weight excluding hydrogens is 910 g/mol. The Morgan fingerprint density at radius 1 is 0.458 bits per heavy atom. The van der Waals surface area contributed by atoms with Gasteiger partial charge in [-0.2, -0.15) is 0 Å². The number of anilines is 9. The summed E-state index contributed by atoms with van der Waals surface area (Å²) >= 11 is 4.03. The minimum Gasteiger partial charge on any atom is -0.310 e. The van der Waals surface area contributed by atoms with Crippen molar-refractivity contribution in [2.75, 3.05) is 14.7 Å². The number of benzene rings is 7. The molecule has 3 nitrogen and oxygen atoms in total. The van der Waals surface area contributed by atoms with Crippen molar-refractivity contribution in [2.24, 2.45) is 0 Å². The largest absolute Gasteiger partial charge is 0.310 e. The summed E-state index contributed by atoms with van der Waals surface area (Å²) in [5, 5.41) is 4.08. The van der Waals surface area contributed by atoms with E-state index in [1.54, 1.807) is 11.1 Å². The van der Waals surface area contributed by atoms with E-state index >= 15 is 0 Å². The van der Waals surface area contributed by atoms with Gasteiger partial charge in [-0.15, -0.1) is 22.7 Å². The Bertz CT molecular complexity index is 3570. The molecule has 0 saturated heterocycles. The first-order chi connectivity index (χ1) is 34.3. The van der Waals surface area contributed by atoms with Crippen molar-refractivity contribution in [3.05, 3.63) is 179 Å². The highest BCUT2D eigenvalue weighted by Crippen LogP contribution is 2.59. The van der Waals surface area contributed by atoms with Gasteiger partial charge in [0.2, 0.25) is 0 Å². The van der Waals surface area contributed by atoms with Crippen molar-refractivity contribution in [2.45, 2.75) is 129 Å². The van der Waals surface area contributed by atoms with Gasteiger partial charge in [0.15, 0.2) is 0 Å². The number of fused-ring (bicyclic) bond motifs is 10. The van der Waals surface area contributed by atoms with E-state index in [1.165, 1.54) is 112 Å². The van der Waals surface area contributed by atoms with Gasteiger partial charge in [0.05, 0.1) is 16.4 Å². The molecule has 360 valence electrons. The van der Waals surface area contributed by atoms with Crippen LogP contribution in [0.15, 0.2) is 152 Å². The summed E-state index contributed by atoms with van der Waals surface area (Å²) in [7, 11) is 0. The number of hydrogen-bond donors (Lipinski definition) is 0. The molecule has 0 radical (unpaired) electrons. The first-order valence-corrected chi connectivity index (χ1v) is 28.0. The van der Waals surface area contributed by atoms with E-state index in [1.807, 2.05) is 11.3 Å². The summed E-state index contributed by atoms with van der Waals surface area (Å²) in [6, 6.07) is 58.9. The van der Waals surface area contributed by atoms with E-state index in [2.05, 4.69) is 254 Å². The zero-order chi connectivity index (χ0) is 49.9. The van der Waals surface area contributed by atoms with Gasteiger partial charge < -0.3 is 14.7 Å². The molecule has 14 rings (SSSR count). The topological polar surface area (TPSA) is 9.72 Å². The van der Waals surface area contributed by atoms with Crippen LogP contribution in [-0.4, -0.2) is 6.71 Å². The van der Waals surface area contributed by atoms with E-state index in [-0.39, 0.29) is 33.8 Å². The molecule has 72 heavy (non-hydrogen) atoms. The second-order valence-electron chi connectivity index (χ2n) is 25.2. The fourth-order valence-corrected chi connectivity index (χ4v) is 15.5. The summed E-state index contributed by atoms with van der Waals surface area (Å²) in [6.45, 7) is 26.1. The maximum absolute atomic E-state index is 2.70. The lowest BCUT2D eigenvalue weighted by Crippen LogP contribution is -2.60. The Labute approximate surface area is 436 Å². The van der Waals surface area contributed by atoms with Crippen molar-refractivity contribution in [1.29, 1.82) is 0 Å². The molecule has 4 heterocycles. The Morgan fingerprint density at radius 2 is 0.944 bits per heavy atom. The Kier molecular flexibility index (Phi) is 9.99. The Morgan fingerprint density at radius 3 is 1.47 bits per heavy atom. The Hall–Kier alpha value is -6.08. The molecular formula is C66H66BN3S2. The average Bonchev–Trinajstić information content (AvgIpc) is 3.92. The quantitative estimate of drug-likeness (QED) is 0.159. The van der Waals surface area contributed by atoms with Crippen LogP contribution in [0.5, 0.6) is 0 Å². The normalized spacial score (nSPS) is 19.1. The molecule has 9 aromatic rings. The summed E-state index contributed by atoms with van der Waals surface area (Å²) in [5.41, 5.74) is 20.1. The van der Waals surface area contributed by atoms with Crippen molar-refractivity contribution in [3.63, 3.8) is 0 Å². The molecule has 0 amide bonds. The molecule has 2 aromatic heterocycles. The number of rotatable bonds is 5. The minimum atomic E-state index is -0.00749. The molecule has 1 fully saturated rings. The van der Waals surface area contributed by atoms with Crippen LogP contribution in [-0.2, 0) is 27.1 Å². The maximum atomic E-state index is 2.70. The van der Waals surface area contributed by atoms with Crippen molar-refractivity contribution in [1.82, 2.24) is 0 Å². The standard InChI is InChI=1S/C66H66BN3S2/c1-62(2,3)41-22-27-46(28-23-41)69-53-37-48(68(44-18-14-12-15-19-44)45-20-16-13-17-21-45)38-54-58(53)67(60-59(69)50-39-51-52(40-56(50)71-60)66(11)34-32-65(51,10)33-35-66)57-49-36-43(64(7,8)9)26-31-55(49)72-61(57)70(54)47-29-24-42(25-30-47)63(4,5)6/h12-31,36-40H,32-35H2,1-11H3. The first kappa shape index (κ1) is 45.8. The number of nitrogens with zero attached hydrogens (tertiary/aromatic N) is 3. The van der Waals surface area contributed by atoms with Gasteiger partial charge in [0.1, 0.15) is 0 Å². The van der Waals surface area contributed by atoms with E-state index in [0.717, 1.165) is 17.1 Å². The van der Waals surface area contributed by atoms with Crippen LogP contribution in [0.25, 0.3) is 20.2 Å². The molecule has 3 aliphatic carbocycles. The molecule has 2 bridgehead atoms. The van der Waals surface area contributed by atoms with E-state index in [0.29, 0.717) is 0 Å². The lowest BCUT2D eigenvalue weighted by Gasteiger charge is -2.52. The van der Waals surface area contributed by atoms with Crippen LogP contribution in [0.4, 0.5) is 50.5 Å². The minimum absolute atomic E-state index is 0.00689. The van der Waals surface area contributed by atoms with Gasteiger partial charge in [0, 0.05) is 53.7 Å². The highest BCUT2D eigenvalue weighted by Gasteiger charge is 2.51. The van der Waals surface area contributed by atoms with Crippen molar-refractivity contribution < 1.29 is 0 Å². The third-order valence-electron chi connectivity index (χ3n) is 17.3. The zero-order valence-corrected chi connectivity index (χ0v) is 45.6. The van der Waals surface area contributed by atoms with Crippen LogP contribution in [0.2, 0.25) is 0 Å². The van der Waals surface area contributed by atoms with Gasteiger partial charge in [-0.05, 0) is 176 Å². The van der Waals surface area contributed by atoms with Crippen molar-refractivity contribution >= 4 is 116 Å². The predicted molar refractivity (Wildman–Crippen MR) is 315 cm³/mol. The SMILES string of the molecule is CC(C)(C)c1ccc(N2c3cc(N(c4ccccc4)c4ccccc4)cc4c3B(c3sc5cc6c(cc5c3N4c3ccc(C(C)(C)C)cc3)C3(C)CCC6(C)CC3)c3c2sc2ccc(C(C)(C)C)cc32)cc1. The average molecular weight is 976 g/mol. The molecule has 2 aliphatic heterocycles. The maximum Gasteiger partial charge on any atom is 0.266 e. The summed E-state index contributed by atoms with van der Waals surface area (Å²) in [6.07, 6.45) is 5.05. The summed E-state index contributed by atoms with van der Waals surface area (Å²) in [4.78, 5) is 7.82. The molecule has 1 saturated carbocycles. The first-order valence-electron chi connectivity index (χ1n) is 26.4. The zero-order valence-electron chi connectivity index (χ0n) is 44.0. The van der Waals surface area contributed by atoms with Gasteiger partial charge in [0.25, 0.3) is 6.71 Å². The highest BCUT2D eigenvalue weighted by molar-refractivity contribution is 7.35. The van der Waals surface area contributed by atoms with Crippen LogP contribution in [0, 0.1) is 0 Å². The third-order valence-corrected chi connectivity index (χ3v) is 19.7. The fraction of sp³-hybridized carbons (Fsp3) is 0.303. The van der Waals surface area contributed by atoms with E-state index in [9.17, 15) is 0 Å². The van der Waals surface area contributed by atoms with Gasteiger partial charge in [-0.3, -0.25) is 0 Å². The molecule has 0 N–H and O–H groups in total. The van der Waals surface area contributed by atoms with Gasteiger partial charge >= 0.3 is 0 Å². The second kappa shape index (κ2) is 15.7. The molecule has 6 heteroatoms. The summed E-state index contributed by atoms with van der Waals surface area (Å²) < 4.78 is 4.20. The smallest absolute Gasteiger partial charge is 0.266 e.